The Labute approximate surface area is 102 Å². The average molecular weight is 282 g/mol. The summed E-state index contributed by atoms with van der Waals surface area (Å²) in [6, 6.07) is 5.76. The predicted molar refractivity (Wildman–Crippen MR) is 67.4 cm³/mol. The fraction of sp³-hybridized carbons (Fsp3) is 0.182. The highest BCUT2D eigenvalue weighted by molar-refractivity contribution is 9.10. The molecule has 0 aliphatic rings. The number of hydrogen-bond acceptors (Lipinski definition) is 3. The van der Waals surface area contributed by atoms with Crippen molar-refractivity contribution in [3.8, 4) is 17.0 Å². The Kier molecular flexibility index (Phi) is 2.87. The highest BCUT2D eigenvalue weighted by atomic mass is 79.9. The molecule has 2 aromatic rings. The number of methoxy groups -OCH3 is 1. The second-order valence-corrected chi connectivity index (χ2v) is 4.36. The molecule has 0 aliphatic carbocycles. The van der Waals surface area contributed by atoms with Crippen molar-refractivity contribution in [3.63, 3.8) is 0 Å². The van der Waals surface area contributed by atoms with E-state index in [1.54, 1.807) is 13.2 Å². The van der Waals surface area contributed by atoms with E-state index in [9.17, 15) is 0 Å². The lowest BCUT2D eigenvalue weighted by Crippen LogP contribution is -1.89. The van der Waals surface area contributed by atoms with Gasteiger partial charge in [0, 0.05) is 11.6 Å². The third-order valence-electron chi connectivity index (χ3n) is 2.39. The van der Waals surface area contributed by atoms with Crippen LogP contribution in [-0.4, -0.2) is 17.3 Å². The van der Waals surface area contributed by atoms with Crippen LogP contribution in [0.5, 0.6) is 5.75 Å². The van der Waals surface area contributed by atoms with Crippen molar-refractivity contribution in [2.24, 2.45) is 0 Å². The number of aromatic amines is 1. The number of nitrogens with zero attached hydrogens (tertiary/aromatic N) is 1. The number of nitrogens with one attached hydrogen (secondary N) is 1. The summed E-state index contributed by atoms with van der Waals surface area (Å²) in [6.07, 6.45) is 0. The van der Waals surface area contributed by atoms with E-state index in [1.165, 1.54) is 0 Å². The maximum absolute atomic E-state index is 5.58. The molecule has 0 spiro atoms. The highest BCUT2D eigenvalue weighted by Crippen LogP contribution is 2.33. The lowest BCUT2D eigenvalue weighted by atomic mass is 10.1. The lowest BCUT2D eigenvalue weighted by Gasteiger charge is -2.08. The number of aromatic nitrogens is 2. The van der Waals surface area contributed by atoms with Crippen LogP contribution < -0.4 is 10.5 Å². The van der Waals surface area contributed by atoms with Gasteiger partial charge in [-0.3, -0.25) is 5.10 Å². The summed E-state index contributed by atoms with van der Waals surface area (Å²) in [5.41, 5.74) is 8.64. The summed E-state index contributed by atoms with van der Waals surface area (Å²) in [4.78, 5) is 0. The largest absolute Gasteiger partial charge is 0.496 e. The van der Waals surface area contributed by atoms with Gasteiger partial charge in [-0.1, -0.05) is 0 Å². The van der Waals surface area contributed by atoms with Gasteiger partial charge in [0.25, 0.3) is 0 Å². The van der Waals surface area contributed by atoms with Gasteiger partial charge in [-0.25, -0.2) is 0 Å². The average Bonchev–Trinajstić information content (AvgIpc) is 2.67. The van der Waals surface area contributed by atoms with Crippen molar-refractivity contribution in [1.29, 1.82) is 0 Å². The number of rotatable bonds is 2. The fourth-order valence-corrected chi connectivity index (χ4v) is 2.08. The number of ether oxygens (including phenoxy) is 1. The zero-order valence-electron chi connectivity index (χ0n) is 9.04. The second-order valence-electron chi connectivity index (χ2n) is 3.51. The molecular weight excluding hydrogens is 270 g/mol. The summed E-state index contributed by atoms with van der Waals surface area (Å²) in [5.74, 6) is 1.30. The Morgan fingerprint density at radius 2 is 2.12 bits per heavy atom. The maximum Gasteiger partial charge on any atom is 0.145 e. The number of hydrogen-bond donors (Lipinski definition) is 2. The molecule has 0 fully saturated rings. The summed E-state index contributed by atoms with van der Waals surface area (Å²) in [6.45, 7) is 2.02. The van der Waals surface area contributed by atoms with Crippen LogP contribution in [0.2, 0.25) is 0 Å². The van der Waals surface area contributed by atoms with Crippen molar-refractivity contribution >= 4 is 21.7 Å². The minimum absolute atomic E-state index is 0.487. The first-order valence-corrected chi connectivity index (χ1v) is 5.56. The second kappa shape index (κ2) is 4.17. The quantitative estimate of drug-likeness (QED) is 0.890. The number of anilines is 1. The van der Waals surface area contributed by atoms with E-state index in [0.29, 0.717) is 5.82 Å². The monoisotopic (exact) mass is 281 g/mol. The van der Waals surface area contributed by atoms with E-state index >= 15 is 0 Å². The first kappa shape index (κ1) is 11.0. The lowest BCUT2D eigenvalue weighted by molar-refractivity contribution is 0.412. The molecule has 2 rings (SSSR count). The van der Waals surface area contributed by atoms with Crippen LogP contribution in [-0.2, 0) is 0 Å². The van der Waals surface area contributed by atoms with Crippen LogP contribution in [0.25, 0.3) is 11.3 Å². The molecule has 0 saturated heterocycles. The van der Waals surface area contributed by atoms with Crippen LogP contribution in [0.15, 0.2) is 22.7 Å². The zero-order valence-corrected chi connectivity index (χ0v) is 10.6. The minimum Gasteiger partial charge on any atom is -0.496 e. The number of aryl methyl sites for hydroxylation is 1. The molecule has 0 bridgehead atoms. The first-order chi connectivity index (χ1) is 7.61. The standard InChI is InChI=1S/C11H12BrN3O/c1-6-3-10(16-2)8(12)4-7(6)9-5-11(13)15-14-9/h3-5H,1-2H3,(H3,13,14,15). The number of nitrogen functional groups attached to an aromatic ring is 1. The van der Waals surface area contributed by atoms with Gasteiger partial charge in [0.2, 0.25) is 0 Å². The third kappa shape index (κ3) is 1.90. The molecule has 5 heteroatoms. The van der Waals surface area contributed by atoms with Crippen molar-refractivity contribution in [2.45, 2.75) is 6.92 Å². The molecule has 84 valence electrons. The van der Waals surface area contributed by atoms with Crippen LogP contribution in [0.4, 0.5) is 5.82 Å². The SMILES string of the molecule is COc1cc(C)c(-c2cc(N)n[nH]2)cc1Br. The summed E-state index contributed by atoms with van der Waals surface area (Å²) in [5, 5.41) is 6.80. The summed E-state index contributed by atoms with van der Waals surface area (Å²) >= 11 is 3.45. The Morgan fingerprint density at radius 3 is 2.69 bits per heavy atom. The summed E-state index contributed by atoms with van der Waals surface area (Å²) < 4.78 is 6.13. The summed E-state index contributed by atoms with van der Waals surface area (Å²) in [7, 11) is 1.65. The van der Waals surface area contributed by atoms with Gasteiger partial charge >= 0.3 is 0 Å². The van der Waals surface area contributed by atoms with E-state index in [2.05, 4.69) is 26.1 Å². The molecule has 4 nitrogen and oxygen atoms in total. The van der Waals surface area contributed by atoms with Crippen LogP contribution in [0, 0.1) is 6.92 Å². The number of benzene rings is 1. The van der Waals surface area contributed by atoms with Gasteiger partial charge in [0.1, 0.15) is 11.6 Å². The maximum atomic E-state index is 5.58. The van der Waals surface area contributed by atoms with E-state index < -0.39 is 0 Å². The molecule has 16 heavy (non-hydrogen) atoms. The Hall–Kier alpha value is -1.49. The normalized spacial score (nSPS) is 10.4. The third-order valence-corrected chi connectivity index (χ3v) is 3.01. The van der Waals surface area contributed by atoms with Gasteiger partial charge in [-0.15, -0.1) is 0 Å². The molecule has 3 N–H and O–H groups in total. The van der Waals surface area contributed by atoms with Crippen LogP contribution in [0.1, 0.15) is 5.56 Å². The predicted octanol–water partition coefficient (Wildman–Crippen LogP) is 2.74. The van der Waals surface area contributed by atoms with E-state index in [0.717, 1.165) is 27.0 Å². The Morgan fingerprint density at radius 1 is 1.38 bits per heavy atom. The molecule has 0 unspecified atom stereocenters. The molecule has 0 aliphatic heterocycles. The minimum atomic E-state index is 0.487. The number of halogens is 1. The van der Waals surface area contributed by atoms with Gasteiger partial charge < -0.3 is 10.5 Å². The Bertz CT molecular complexity index is 522. The molecular formula is C11H12BrN3O. The van der Waals surface area contributed by atoms with Crippen molar-refractivity contribution in [1.82, 2.24) is 10.2 Å². The van der Waals surface area contributed by atoms with Crippen LogP contribution in [0.3, 0.4) is 0 Å². The van der Waals surface area contributed by atoms with Gasteiger partial charge in [-0.05, 0) is 40.5 Å². The van der Waals surface area contributed by atoms with Crippen LogP contribution >= 0.6 is 15.9 Å². The Balaban J connectivity index is 2.54. The molecule has 0 amide bonds. The zero-order chi connectivity index (χ0) is 11.7. The van der Waals surface area contributed by atoms with E-state index in [-0.39, 0.29) is 0 Å². The number of nitrogens with two attached hydrogens (primary N) is 1. The highest BCUT2D eigenvalue weighted by Gasteiger charge is 2.09. The smallest absolute Gasteiger partial charge is 0.145 e. The molecule has 0 saturated carbocycles. The van der Waals surface area contributed by atoms with Crippen molar-refractivity contribution in [2.75, 3.05) is 12.8 Å². The first-order valence-electron chi connectivity index (χ1n) is 4.77. The molecule has 1 aromatic carbocycles. The molecule has 1 aromatic heterocycles. The van der Waals surface area contributed by atoms with Gasteiger partial charge in [0.05, 0.1) is 17.3 Å². The molecule has 1 heterocycles. The van der Waals surface area contributed by atoms with Gasteiger partial charge in [0.15, 0.2) is 0 Å². The van der Waals surface area contributed by atoms with Gasteiger partial charge in [-0.2, -0.15) is 5.10 Å². The molecule has 0 radical (unpaired) electrons. The fourth-order valence-electron chi connectivity index (χ4n) is 1.58. The van der Waals surface area contributed by atoms with E-state index in [4.69, 9.17) is 10.5 Å². The topological polar surface area (TPSA) is 63.9 Å². The molecule has 0 atom stereocenters. The van der Waals surface area contributed by atoms with E-state index in [1.807, 2.05) is 19.1 Å². The van der Waals surface area contributed by atoms with Crippen molar-refractivity contribution in [3.05, 3.63) is 28.2 Å². The number of H-pyrrole nitrogens is 1. The van der Waals surface area contributed by atoms with Crippen molar-refractivity contribution < 1.29 is 4.74 Å².